The zero-order chi connectivity index (χ0) is 58.9. The third kappa shape index (κ3) is 14.3. The number of ether oxygens (including phenoxy) is 2. The first-order valence-electron chi connectivity index (χ1n) is 25.6. The second-order valence-electron chi connectivity index (χ2n) is 20.2. The zero-order valence-electron chi connectivity index (χ0n) is 44.8. The number of fused-ring (bicyclic) bond motifs is 2. The van der Waals surface area contributed by atoms with E-state index < -0.39 is 43.5 Å². The first kappa shape index (κ1) is 63.5. The maximum absolute atomic E-state index is 13.5. The monoisotopic (exact) mass is 1230 g/mol. The van der Waals surface area contributed by atoms with Crippen LogP contribution >= 0.6 is 23.2 Å². The van der Waals surface area contributed by atoms with E-state index in [1.54, 1.807) is 50.2 Å². The summed E-state index contributed by atoms with van der Waals surface area (Å²) < 4.78 is 97.2. The van der Waals surface area contributed by atoms with Crippen molar-refractivity contribution in [2.24, 2.45) is 23.7 Å². The van der Waals surface area contributed by atoms with Crippen LogP contribution in [-0.2, 0) is 42.7 Å². The summed E-state index contributed by atoms with van der Waals surface area (Å²) in [6.45, 7) is 8.01. The third-order valence-corrected chi connectivity index (χ3v) is 17.7. The molecule has 4 heterocycles. The molecule has 4 aromatic heterocycles. The highest BCUT2D eigenvalue weighted by Gasteiger charge is 2.36. The number of amides is 2. The summed E-state index contributed by atoms with van der Waals surface area (Å²) in [5, 5.41) is 6.06. The molecule has 8 aromatic rings. The van der Waals surface area contributed by atoms with Gasteiger partial charge in [0.05, 0.1) is 70.6 Å². The average Bonchev–Trinajstić information content (AvgIpc) is 2.19. The van der Waals surface area contributed by atoms with Crippen LogP contribution in [0, 0.1) is 35.3 Å². The number of hydrogen-bond donors (Lipinski definition) is 4. The predicted molar refractivity (Wildman–Crippen MR) is 319 cm³/mol. The van der Waals surface area contributed by atoms with Crippen LogP contribution < -0.4 is 40.7 Å². The summed E-state index contributed by atoms with van der Waals surface area (Å²) in [5.74, 6) is -1.50. The number of nitrogens with one attached hydrogen (secondary N) is 4. The Kier molecular flexibility index (Phi) is 19.5. The highest BCUT2D eigenvalue weighted by atomic mass is 35.5. The molecule has 0 radical (unpaired) electrons. The smallest absolute Gasteiger partial charge is 0.263 e. The van der Waals surface area contributed by atoms with Gasteiger partial charge >= 0.3 is 0 Å². The van der Waals surface area contributed by atoms with E-state index in [-0.39, 0.29) is 106 Å². The highest BCUT2D eigenvalue weighted by molar-refractivity contribution is 7.93. The Morgan fingerprint density at radius 3 is 1.30 bits per heavy atom. The van der Waals surface area contributed by atoms with Gasteiger partial charge in [0.1, 0.15) is 32.8 Å². The lowest BCUT2D eigenvalue weighted by molar-refractivity contribution is -0.125. The minimum absolute atomic E-state index is 0. The molecule has 0 saturated heterocycles. The second-order valence-corrected chi connectivity index (χ2v) is 24.4. The van der Waals surface area contributed by atoms with Gasteiger partial charge in [-0.05, 0) is 109 Å². The maximum Gasteiger partial charge on any atom is 0.263 e. The van der Waals surface area contributed by atoms with E-state index in [9.17, 15) is 44.8 Å². The lowest BCUT2D eigenvalue weighted by Gasteiger charge is -2.15. The van der Waals surface area contributed by atoms with E-state index in [0.29, 0.717) is 55.9 Å². The van der Waals surface area contributed by atoms with Crippen LogP contribution in [0.3, 0.4) is 0 Å². The van der Waals surface area contributed by atoms with Crippen molar-refractivity contribution in [1.29, 1.82) is 0 Å². The van der Waals surface area contributed by atoms with Gasteiger partial charge in [-0.15, -0.1) is 0 Å². The zero-order valence-corrected chi connectivity index (χ0v) is 47.9. The van der Waals surface area contributed by atoms with Crippen molar-refractivity contribution in [2.45, 2.75) is 90.4 Å². The summed E-state index contributed by atoms with van der Waals surface area (Å²) in [5.41, 5.74) is 2.43. The minimum Gasteiger partial charge on any atom is -0.480 e. The normalized spacial score (nSPS) is 16.8. The Balaban J connectivity index is 0.000000235. The van der Waals surface area contributed by atoms with Crippen molar-refractivity contribution < 1.29 is 44.7 Å². The molecule has 0 unspecified atom stereocenters. The first-order chi connectivity index (χ1) is 38.9. The van der Waals surface area contributed by atoms with Crippen LogP contribution in [0.5, 0.6) is 11.8 Å². The number of anilines is 2. The van der Waals surface area contributed by atoms with E-state index >= 15 is 0 Å². The van der Waals surface area contributed by atoms with Crippen LogP contribution in [-0.4, -0.2) is 84.0 Å². The number of nitrogens with zero attached hydrogens (tertiary/aromatic N) is 6. The van der Waals surface area contributed by atoms with Crippen molar-refractivity contribution in [2.75, 3.05) is 23.7 Å². The molecular weight excluding hydrogens is 1170 g/mol. The molecule has 2 fully saturated rings. The fourth-order valence-corrected chi connectivity index (χ4v) is 12.0. The Morgan fingerprint density at radius 2 is 0.964 bits per heavy atom. The van der Waals surface area contributed by atoms with Crippen molar-refractivity contribution in [3.05, 3.63) is 152 Å². The van der Waals surface area contributed by atoms with Gasteiger partial charge in [-0.2, -0.15) is 0 Å². The summed E-state index contributed by atoms with van der Waals surface area (Å²) >= 11 is 12.0. The van der Waals surface area contributed by atoms with E-state index in [1.807, 2.05) is 0 Å². The standard InChI is InChI=1S/2C28H27ClFN5O5S.2CH4/c2*1-15-8-23(15)33-26(36)16(2)13-35-14-32-22-6-4-17(9-20(22)28(35)37)18-10-24(27(40-3)31-12-18)34-41(38,39)25-7-5-19(30)11-21(25)29;;/h2*4-7,9-12,14-16,23,34H,8,13H2,1-3H3,(H,33,36);2*1H4/t15-,16+,23-;15-,16-,23-;;/m10../s1. The molecule has 0 aliphatic heterocycles. The topological polar surface area (TPSA) is 265 Å². The summed E-state index contributed by atoms with van der Waals surface area (Å²) in [7, 11) is -5.79. The molecule has 2 amide bonds. The van der Waals surface area contributed by atoms with Gasteiger partial charge < -0.3 is 20.1 Å². The summed E-state index contributed by atoms with van der Waals surface area (Å²) in [6.07, 6.45) is 7.72. The fraction of sp³-hybridized carbons (Fsp3) is 0.310. The van der Waals surface area contributed by atoms with E-state index in [4.69, 9.17) is 32.7 Å². The Morgan fingerprint density at radius 1 is 0.595 bits per heavy atom. The molecule has 2 aliphatic carbocycles. The van der Waals surface area contributed by atoms with Crippen LogP contribution in [0.4, 0.5) is 20.2 Å². The molecule has 0 spiro atoms. The lowest BCUT2D eigenvalue weighted by Crippen LogP contribution is -2.35. The van der Waals surface area contributed by atoms with Gasteiger partial charge in [0.2, 0.25) is 23.6 Å². The fourth-order valence-electron chi connectivity index (χ4n) is 8.87. The largest absolute Gasteiger partial charge is 0.480 e. The SMILES string of the molecule is C.C.COc1ncc(-c2ccc3ncn(C[C@H](C)C(=O)N[C@@H]4C[C@H]4C)c(=O)c3c2)cc1NS(=O)(=O)c1ccc(F)cc1Cl.COc1ncc(-c2ccc3ncn(C[C@H](C)C(=O)N[C@H]4C[C@@H]4C)c(=O)c3c2)cc1NS(=O)(=O)c1ccc(F)cc1Cl. The van der Waals surface area contributed by atoms with Gasteiger partial charge in [0, 0.05) is 48.7 Å². The quantitative estimate of drug-likeness (QED) is 0.0623. The van der Waals surface area contributed by atoms with Gasteiger partial charge in [-0.3, -0.25) is 37.8 Å². The second kappa shape index (κ2) is 25.8. The number of pyridine rings is 2. The van der Waals surface area contributed by atoms with Gasteiger partial charge in [-0.25, -0.2) is 45.6 Å². The van der Waals surface area contributed by atoms with Crippen molar-refractivity contribution in [3.63, 3.8) is 0 Å². The number of carbonyl (C=O) groups is 2. The molecule has 444 valence electrons. The minimum atomic E-state index is -4.23. The lowest BCUT2D eigenvalue weighted by atomic mass is 10.0. The average molecular weight is 1230 g/mol. The predicted octanol–water partition coefficient (Wildman–Crippen LogP) is 9.71. The molecule has 4 aromatic carbocycles. The van der Waals surface area contributed by atoms with Crippen LogP contribution in [0.25, 0.3) is 44.1 Å². The maximum atomic E-state index is 13.5. The molecule has 10 rings (SSSR count). The highest BCUT2D eigenvalue weighted by Crippen LogP contribution is 2.35. The number of methoxy groups -OCH3 is 2. The van der Waals surface area contributed by atoms with E-state index in [2.05, 4.69) is 53.9 Å². The van der Waals surface area contributed by atoms with E-state index in [0.717, 1.165) is 49.2 Å². The Bertz CT molecular complexity index is 3930. The Hall–Kier alpha value is -8.06. The van der Waals surface area contributed by atoms with Crippen LogP contribution in [0.15, 0.2) is 129 Å². The van der Waals surface area contributed by atoms with Gasteiger partial charge in [0.25, 0.3) is 31.2 Å². The van der Waals surface area contributed by atoms with Crippen LogP contribution in [0.1, 0.15) is 55.4 Å². The molecule has 2 saturated carbocycles. The van der Waals surface area contributed by atoms with Crippen LogP contribution in [0.2, 0.25) is 10.0 Å². The molecule has 26 heteroatoms. The van der Waals surface area contributed by atoms with Crippen molar-refractivity contribution in [1.82, 2.24) is 39.7 Å². The number of carbonyl (C=O) groups excluding carboxylic acids is 2. The first-order valence-corrected chi connectivity index (χ1v) is 29.3. The van der Waals surface area contributed by atoms with Crippen molar-refractivity contribution in [3.8, 4) is 34.0 Å². The van der Waals surface area contributed by atoms with E-state index in [1.165, 1.54) is 60.5 Å². The summed E-state index contributed by atoms with van der Waals surface area (Å²) in [4.78, 5) is 68.3. The number of rotatable bonds is 18. The molecule has 2 aliphatic rings. The number of sulfonamides is 2. The van der Waals surface area contributed by atoms with Gasteiger partial charge in [-0.1, -0.05) is 77.9 Å². The number of hydrogen-bond acceptors (Lipinski definition) is 14. The molecule has 84 heavy (non-hydrogen) atoms. The number of aromatic nitrogens is 6. The molecule has 4 N–H and O–H groups in total. The molecule has 0 bridgehead atoms. The Labute approximate surface area is 494 Å². The van der Waals surface area contributed by atoms with Crippen molar-refractivity contribution >= 4 is 88.2 Å². The van der Waals surface area contributed by atoms with Gasteiger partial charge in [0.15, 0.2) is 0 Å². The molecule has 6 atom stereocenters. The molecule has 20 nitrogen and oxygen atoms in total. The molecular formula is C58H62Cl2F2N10O10S2. The third-order valence-electron chi connectivity index (χ3n) is 14.0. The number of halogens is 4. The summed E-state index contributed by atoms with van der Waals surface area (Å²) in [6, 6.07) is 19.4. The number of benzene rings is 4.